The first-order valence-corrected chi connectivity index (χ1v) is 5.44. The van der Waals surface area contributed by atoms with Crippen LogP contribution in [0.5, 0.6) is 11.5 Å². The molecular formula is C13H13NO2. The fraction of sp³-hybridized carbons (Fsp3) is 0.308. The topological polar surface area (TPSA) is 31.4 Å². The Morgan fingerprint density at radius 2 is 2.12 bits per heavy atom. The lowest BCUT2D eigenvalue weighted by atomic mass is 10.1. The highest BCUT2D eigenvalue weighted by Crippen LogP contribution is 2.38. The maximum atomic E-state index is 5.82. The molecule has 0 fully saturated rings. The monoisotopic (exact) mass is 215 g/mol. The van der Waals surface area contributed by atoms with Crippen LogP contribution in [0.15, 0.2) is 24.3 Å². The van der Waals surface area contributed by atoms with Crippen molar-refractivity contribution < 1.29 is 9.47 Å². The van der Waals surface area contributed by atoms with E-state index in [2.05, 4.69) is 4.98 Å². The summed E-state index contributed by atoms with van der Waals surface area (Å²) in [5, 5.41) is 1.02. The Balaban J connectivity index is 2.26. The molecule has 0 N–H and O–H groups in total. The molecule has 3 rings (SSSR count). The maximum Gasteiger partial charge on any atom is 0.171 e. The van der Waals surface area contributed by atoms with Crippen LogP contribution in [0.2, 0.25) is 0 Å². The molecule has 0 bridgehead atoms. The number of fused-ring (bicyclic) bond motifs is 3. The van der Waals surface area contributed by atoms with Crippen LogP contribution in [0.25, 0.3) is 10.9 Å². The van der Waals surface area contributed by atoms with Gasteiger partial charge in [0.2, 0.25) is 0 Å². The molecule has 2 aromatic rings. The van der Waals surface area contributed by atoms with Gasteiger partial charge in [0, 0.05) is 11.1 Å². The second-order valence-electron chi connectivity index (χ2n) is 4.15. The largest absolute Gasteiger partial charge is 0.486 e. The number of aryl methyl sites for hydroxylation is 1. The Morgan fingerprint density at radius 3 is 3.00 bits per heavy atom. The molecule has 1 aromatic carbocycles. The zero-order chi connectivity index (χ0) is 11.1. The van der Waals surface area contributed by atoms with Gasteiger partial charge in [-0.1, -0.05) is 0 Å². The molecular weight excluding hydrogens is 202 g/mol. The molecule has 0 radical (unpaired) electrons. The summed E-state index contributed by atoms with van der Waals surface area (Å²) in [6.07, 6.45) is 0.0967. The zero-order valence-electron chi connectivity index (χ0n) is 9.36. The van der Waals surface area contributed by atoms with E-state index in [0.717, 1.165) is 28.1 Å². The van der Waals surface area contributed by atoms with Crippen molar-refractivity contribution in [3.8, 4) is 11.5 Å². The Morgan fingerprint density at radius 1 is 1.25 bits per heavy atom. The molecule has 1 aromatic heterocycles. The standard InChI is InChI=1S/C13H13NO2/c1-8-3-4-10-11(14-8)5-6-12-13(10)16-9(2)7-15-12/h3-6,9H,7H2,1-2H3/t9-/m1/s1. The summed E-state index contributed by atoms with van der Waals surface area (Å²) >= 11 is 0. The van der Waals surface area contributed by atoms with E-state index in [1.54, 1.807) is 0 Å². The van der Waals surface area contributed by atoms with Crippen molar-refractivity contribution in [1.82, 2.24) is 4.98 Å². The van der Waals surface area contributed by atoms with Crippen molar-refractivity contribution >= 4 is 10.9 Å². The highest BCUT2D eigenvalue weighted by Gasteiger charge is 2.19. The zero-order valence-corrected chi connectivity index (χ0v) is 9.36. The quantitative estimate of drug-likeness (QED) is 0.677. The molecule has 0 saturated heterocycles. The summed E-state index contributed by atoms with van der Waals surface area (Å²) in [7, 11) is 0. The molecule has 0 saturated carbocycles. The van der Waals surface area contributed by atoms with Crippen molar-refractivity contribution in [3.05, 3.63) is 30.0 Å². The maximum absolute atomic E-state index is 5.82. The summed E-state index contributed by atoms with van der Waals surface area (Å²) in [5.41, 5.74) is 1.97. The molecule has 0 spiro atoms. The van der Waals surface area contributed by atoms with Gasteiger partial charge in [0.1, 0.15) is 12.7 Å². The molecule has 0 unspecified atom stereocenters. The van der Waals surface area contributed by atoms with Gasteiger partial charge in [-0.2, -0.15) is 0 Å². The third kappa shape index (κ3) is 1.40. The SMILES string of the molecule is Cc1ccc2c3c(ccc2n1)OC[C@@H](C)O3. The van der Waals surface area contributed by atoms with E-state index in [4.69, 9.17) is 9.47 Å². The Bertz CT molecular complexity index is 551. The summed E-state index contributed by atoms with van der Waals surface area (Å²) in [6, 6.07) is 7.93. The van der Waals surface area contributed by atoms with Crippen LogP contribution >= 0.6 is 0 Å². The molecule has 2 heterocycles. The number of rotatable bonds is 0. The van der Waals surface area contributed by atoms with Gasteiger partial charge in [-0.25, -0.2) is 0 Å². The van der Waals surface area contributed by atoms with Crippen LogP contribution in [-0.2, 0) is 0 Å². The highest BCUT2D eigenvalue weighted by molar-refractivity contribution is 5.88. The molecule has 1 aliphatic heterocycles. The van der Waals surface area contributed by atoms with Crippen LogP contribution < -0.4 is 9.47 Å². The second-order valence-corrected chi connectivity index (χ2v) is 4.15. The fourth-order valence-corrected chi connectivity index (χ4v) is 1.94. The summed E-state index contributed by atoms with van der Waals surface area (Å²) in [5.74, 6) is 1.64. The average Bonchev–Trinajstić information content (AvgIpc) is 2.28. The summed E-state index contributed by atoms with van der Waals surface area (Å²) in [6.45, 7) is 4.60. The smallest absolute Gasteiger partial charge is 0.171 e. The van der Waals surface area contributed by atoms with Gasteiger partial charge in [-0.3, -0.25) is 4.98 Å². The number of nitrogens with zero attached hydrogens (tertiary/aromatic N) is 1. The minimum Gasteiger partial charge on any atom is -0.486 e. The lowest BCUT2D eigenvalue weighted by Gasteiger charge is -2.24. The minimum atomic E-state index is 0.0967. The van der Waals surface area contributed by atoms with Gasteiger partial charge < -0.3 is 9.47 Å². The number of aromatic nitrogens is 1. The van der Waals surface area contributed by atoms with E-state index in [1.807, 2.05) is 38.1 Å². The van der Waals surface area contributed by atoms with Crippen LogP contribution in [0.4, 0.5) is 0 Å². The van der Waals surface area contributed by atoms with Gasteiger partial charge in [0.25, 0.3) is 0 Å². The number of ether oxygens (including phenoxy) is 2. The van der Waals surface area contributed by atoms with Crippen molar-refractivity contribution in [1.29, 1.82) is 0 Å². The van der Waals surface area contributed by atoms with Gasteiger partial charge in [-0.05, 0) is 38.1 Å². The first-order valence-electron chi connectivity index (χ1n) is 5.44. The normalized spacial score (nSPS) is 18.8. The van der Waals surface area contributed by atoms with Gasteiger partial charge in [-0.15, -0.1) is 0 Å². The fourth-order valence-electron chi connectivity index (χ4n) is 1.94. The van der Waals surface area contributed by atoms with E-state index in [0.29, 0.717) is 6.61 Å². The van der Waals surface area contributed by atoms with Crippen LogP contribution in [-0.4, -0.2) is 17.7 Å². The average molecular weight is 215 g/mol. The predicted octanol–water partition coefficient (Wildman–Crippen LogP) is 2.70. The first kappa shape index (κ1) is 9.46. The molecule has 3 nitrogen and oxygen atoms in total. The van der Waals surface area contributed by atoms with Crippen molar-refractivity contribution in [2.24, 2.45) is 0 Å². The van der Waals surface area contributed by atoms with Crippen LogP contribution in [0.1, 0.15) is 12.6 Å². The number of hydrogen-bond acceptors (Lipinski definition) is 3. The van der Waals surface area contributed by atoms with Crippen LogP contribution in [0.3, 0.4) is 0 Å². The highest BCUT2D eigenvalue weighted by atomic mass is 16.6. The van der Waals surface area contributed by atoms with E-state index in [1.165, 1.54) is 0 Å². The van der Waals surface area contributed by atoms with E-state index in [9.17, 15) is 0 Å². The third-order valence-electron chi connectivity index (χ3n) is 2.72. The van der Waals surface area contributed by atoms with E-state index in [-0.39, 0.29) is 6.10 Å². The molecule has 1 aliphatic rings. The van der Waals surface area contributed by atoms with Crippen molar-refractivity contribution in [2.75, 3.05) is 6.61 Å². The molecule has 0 aliphatic carbocycles. The number of hydrogen-bond donors (Lipinski definition) is 0. The molecule has 16 heavy (non-hydrogen) atoms. The molecule has 0 amide bonds. The predicted molar refractivity (Wildman–Crippen MR) is 62.1 cm³/mol. The Labute approximate surface area is 94.0 Å². The van der Waals surface area contributed by atoms with Crippen molar-refractivity contribution in [3.63, 3.8) is 0 Å². The second kappa shape index (κ2) is 3.37. The van der Waals surface area contributed by atoms with Crippen LogP contribution in [0, 0.1) is 6.92 Å². The molecule has 82 valence electrons. The van der Waals surface area contributed by atoms with E-state index >= 15 is 0 Å². The molecule has 1 atom stereocenters. The van der Waals surface area contributed by atoms with E-state index < -0.39 is 0 Å². The van der Waals surface area contributed by atoms with Gasteiger partial charge >= 0.3 is 0 Å². The molecule has 3 heteroatoms. The Hall–Kier alpha value is -1.77. The third-order valence-corrected chi connectivity index (χ3v) is 2.72. The summed E-state index contributed by atoms with van der Waals surface area (Å²) < 4.78 is 11.4. The van der Waals surface area contributed by atoms with Crippen molar-refractivity contribution in [2.45, 2.75) is 20.0 Å². The lowest BCUT2D eigenvalue weighted by molar-refractivity contribution is 0.106. The van der Waals surface area contributed by atoms with Gasteiger partial charge in [0.15, 0.2) is 11.5 Å². The number of pyridine rings is 1. The minimum absolute atomic E-state index is 0.0967. The van der Waals surface area contributed by atoms with Gasteiger partial charge in [0.05, 0.1) is 5.52 Å². The lowest BCUT2D eigenvalue weighted by Crippen LogP contribution is -2.25. The first-order chi connectivity index (χ1) is 7.74. The summed E-state index contributed by atoms with van der Waals surface area (Å²) in [4.78, 5) is 4.47. The Kier molecular flexibility index (Phi) is 1.99. The number of benzene rings is 1.